The van der Waals surface area contributed by atoms with E-state index in [9.17, 15) is 26.4 Å². The summed E-state index contributed by atoms with van der Waals surface area (Å²) in [6, 6.07) is 0. The molecule has 0 unspecified atom stereocenters. The summed E-state index contributed by atoms with van der Waals surface area (Å²) in [6.07, 6.45) is -4.93. The molecule has 0 aromatic carbocycles. The predicted molar refractivity (Wildman–Crippen MR) is 73.3 cm³/mol. The first-order valence-corrected chi connectivity index (χ1v) is 8.38. The summed E-state index contributed by atoms with van der Waals surface area (Å²) in [5, 5.41) is 8.83. The van der Waals surface area contributed by atoms with Crippen LogP contribution in [0.1, 0.15) is 26.7 Å². The number of nitrogens with zero attached hydrogens (tertiary/aromatic N) is 2. The number of rotatable bonds is 6. The van der Waals surface area contributed by atoms with Gasteiger partial charge in [0, 0.05) is 19.6 Å². The molecular weight excluding hydrogens is 325 g/mol. The molecule has 1 fully saturated rings. The highest BCUT2D eigenvalue weighted by Crippen LogP contribution is 2.35. The Morgan fingerprint density at radius 3 is 2.18 bits per heavy atom. The van der Waals surface area contributed by atoms with Crippen molar-refractivity contribution < 1.29 is 31.5 Å². The third-order valence-corrected chi connectivity index (χ3v) is 5.40. The topological polar surface area (TPSA) is 77.9 Å². The van der Waals surface area contributed by atoms with Crippen LogP contribution in [0, 0.1) is 11.8 Å². The van der Waals surface area contributed by atoms with Crippen LogP contribution in [0.15, 0.2) is 0 Å². The van der Waals surface area contributed by atoms with Crippen LogP contribution in [0.3, 0.4) is 0 Å². The van der Waals surface area contributed by atoms with E-state index in [1.54, 1.807) is 13.8 Å². The monoisotopic (exact) mass is 346 g/mol. The van der Waals surface area contributed by atoms with Crippen LogP contribution in [-0.4, -0.2) is 60.5 Å². The maximum absolute atomic E-state index is 12.6. The Morgan fingerprint density at radius 2 is 1.82 bits per heavy atom. The fourth-order valence-corrected chi connectivity index (χ4v) is 4.13. The minimum absolute atomic E-state index is 0.00777. The molecule has 0 spiro atoms. The lowest BCUT2D eigenvalue weighted by atomic mass is 9.98. The molecule has 0 aromatic rings. The van der Waals surface area contributed by atoms with Gasteiger partial charge in [-0.25, -0.2) is 0 Å². The first-order chi connectivity index (χ1) is 9.94. The highest BCUT2D eigenvalue weighted by atomic mass is 32.2. The number of hydrogen-bond acceptors (Lipinski definition) is 3. The minimum atomic E-state index is -4.32. The normalized spacial score (nSPS) is 19.0. The summed E-state index contributed by atoms with van der Waals surface area (Å²) < 4.78 is 64.4. The lowest BCUT2D eigenvalue weighted by molar-refractivity contribution is -0.182. The molecule has 1 aliphatic rings. The summed E-state index contributed by atoms with van der Waals surface area (Å²) in [4.78, 5) is 10.8. The van der Waals surface area contributed by atoms with Crippen molar-refractivity contribution in [2.24, 2.45) is 11.8 Å². The Kier molecular flexibility index (Phi) is 6.22. The molecule has 6 nitrogen and oxygen atoms in total. The molecule has 0 amide bonds. The van der Waals surface area contributed by atoms with Gasteiger partial charge in [-0.15, -0.1) is 0 Å². The molecule has 10 heteroatoms. The second-order valence-electron chi connectivity index (χ2n) is 5.80. The maximum atomic E-state index is 12.6. The van der Waals surface area contributed by atoms with Crippen molar-refractivity contribution >= 4 is 16.2 Å². The van der Waals surface area contributed by atoms with Crippen molar-refractivity contribution in [2.45, 2.75) is 32.9 Å². The minimum Gasteiger partial charge on any atom is -0.480 e. The Bertz CT molecular complexity index is 485. The van der Waals surface area contributed by atoms with E-state index in [2.05, 4.69) is 0 Å². The second-order valence-corrected chi connectivity index (χ2v) is 7.73. The third kappa shape index (κ3) is 5.10. The molecule has 0 bridgehead atoms. The van der Waals surface area contributed by atoms with Crippen molar-refractivity contribution in [3.8, 4) is 0 Å². The Morgan fingerprint density at radius 1 is 1.32 bits per heavy atom. The Labute approximate surface area is 128 Å². The van der Waals surface area contributed by atoms with Crippen molar-refractivity contribution in [3.63, 3.8) is 0 Å². The zero-order valence-corrected chi connectivity index (χ0v) is 13.3. The number of alkyl halides is 3. The molecule has 1 N–H and O–H groups in total. The van der Waals surface area contributed by atoms with Gasteiger partial charge in [0.2, 0.25) is 0 Å². The molecule has 1 heterocycles. The van der Waals surface area contributed by atoms with Crippen LogP contribution in [0.5, 0.6) is 0 Å². The van der Waals surface area contributed by atoms with E-state index in [0.29, 0.717) is 0 Å². The molecule has 22 heavy (non-hydrogen) atoms. The Hall–Kier alpha value is -0.870. The zero-order valence-electron chi connectivity index (χ0n) is 12.5. The van der Waals surface area contributed by atoms with Crippen LogP contribution in [0.25, 0.3) is 0 Å². The van der Waals surface area contributed by atoms with Gasteiger partial charge in [-0.05, 0) is 18.8 Å². The molecule has 130 valence electrons. The van der Waals surface area contributed by atoms with Crippen LogP contribution >= 0.6 is 0 Å². The van der Waals surface area contributed by atoms with Gasteiger partial charge >= 0.3 is 12.1 Å². The highest BCUT2D eigenvalue weighted by molar-refractivity contribution is 7.86. The second kappa shape index (κ2) is 7.14. The van der Waals surface area contributed by atoms with E-state index < -0.39 is 34.8 Å². The van der Waals surface area contributed by atoms with E-state index in [1.807, 2.05) is 0 Å². The molecule has 0 saturated carbocycles. The predicted octanol–water partition coefficient (Wildman–Crippen LogP) is 1.55. The summed E-state index contributed by atoms with van der Waals surface area (Å²) >= 11 is 0. The lowest BCUT2D eigenvalue weighted by Gasteiger charge is -2.35. The maximum Gasteiger partial charge on any atom is 0.391 e. The van der Waals surface area contributed by atoms with Crippen LogP contribution in [0.2, 0.25) is 0 Å². The summed E-state index contributed by atoms with van der Waals surface area (Å²) in [5.41, 5.74) is 0. The van der Waals surface area contributed by atoms with E-state index in [4.69, 9.17) is 5.11 Å². The van der Waals surface area contributed by atoms with Gasteiger partial charge in [-0.3, -0.25) is 4.79 Å². The molecule has 0 atom stereocenters. The SMILES string of the molecule is CC(C)CN(CC(=O)O)S(=O)(=O)N1CCC(C(F)(F)F)CC1. The van der Waals surface area contributed by atoms with Crippen molar-refractivity contribution in [3.05, 3.63) is 0 Å². The number of piperidine rings is 1. The van der Waals surface area contributed by atoms with Gasteiger partial charge in [0.15, 0.2) is 0 Å². The largest absolute Gasteiger partial charge is 0.480 e. The number of aliphatic carboxylic acids is 1. The average molecular weight is 346 g/mol. The molecule has 1 saturated heterocycles. The first-order valence-electron chi connectivity index (χ1n) is 6.98. The Balaban J connectivity index is 2.82. The van der Waals surface area contributed by atoms with E-state index in [0.717, 1.165) is 8.61 Å². The summed E-state index contributed by atoms with van der Waals surface area (Å²) in [6.45, 7) is 2.29. The third-order valence-electron chi connectivity index (χ3n) is 3.45. The molecule has 0 aromatic heterocycles. The van der Waals surface area contributed by atoms with E-state index in [-0.39, 0.29) is 38.4 Å². The standard InChI is InChI=1S/C12H21F3N2O4S/c1-9(2)7-17(8-11(18)19)22(20,21)16-5-3-10(4-6-16)12(13,14)15/h9-10H,3-8H2,1-2H3,(H,18,19). The smallest absolute Gasteiger partial charge is 0.391 e. The van der Waals surface area contributed by atoms with Crippen LogP contribution < -0.4 is 0 Å². The average Bonchev–Trinajstić information content (AvgIpc) is 2.36. The van der Waals surface area contributed by atoms with E-state index >= 15 is 0 Å². The fourth-order valence-electron chi connectivity index (χ4n) is 2.38. The molecule has 0 aliphatic carbocycles. The fraction of sp³-hybridized carbons (Fsp3) is 0.917. The van der Waals surface area contributed by atoms with Crippen molar-refractivity contribution in [2.75, 3.05) is 26.2 Å². The number of hydrogen-bond donors (Lipinski definition) is 1. The van der Waals surface area contributed by atoms with Gasteiger partial charge < -0.3 is 5.11 Å². The highest BCUT2D eigenvalue weighted by Gasteiger charge is 2.44. The zero-order chi connectivity index (χ0) is 17.1. The number of carbonyl (C=O) groups is 1. The molecular formula is C12H21F3N2O4S. The van der Waals surface area contributed by atoms with Gasteiger partial charge in [0.05, 0.1) is 5.92 Å². The van der Waals surface area contributed by atoms with E-state index in [1.165, 1.54) is 0 Å². The lowest BCUT2D eigenvalue weighted by Crippen LogP contribution is -2.50. The van der Waals surface area contributed by atoms with Crippen LogP contribution in [-0.2, 0) is 15.0 Å². The summed E-state index contributed by atoms with van der Waals surface area (Å²) in [7, 11) is -4.06. The number of halogens is 3. The van der Waals surface area contributed by atoms with Crippen LogP contribution in [0.4, 0.5) is 13.2 Å². The van der Waals surface area contributed by atoms with Crippen molar-refractivity contribution in [1.29, 1.82) is 0 Å². The quantitative estimate of drug-likeness (QED) is 0.791. The molecule has 1 aliphatic heterocycles. The van der Waals surface area contributed by atoms with Gasteiger partial charge in [0.25, 0.3) is 10.2 Å². The van der Waals surface area contributed by atoms with Gasteiger partial charge in [-0.1, -0.05) is 13.8 Å². The first kappa shape index (κ1) is 19.2. The number of carboxylic acid groups (broad SMARTS) is 1. The van der Waals surface area contributed by atoms with Gasteiger partial charge in [-0.2, -0.15) is 30.2 Å². The summed E-state index contributed by atoms with van der Waals surface area (Å²) in [5.74, 6) is -2.90. The number of carboxylic acids is 1. The molecule has 0 radical (unpaired) electrons. The van der Waals surface area contributed by atoms with Gasteiger partial charge in [0.1, 0.15) is 6.54 Å². The van der Waals surface area contributed by atoms with Crippen molar-refractivity contribution in [1.82, 2.24) is 8.61 Å². The molecule has 1 rings (SSSR count).